The Morgan fingerprint density at radius 1 is 1.77 bits per heavy atom. The third-order valence-corrected chi connectivity index (χ3v) is 2.15. The van der Waals surface area contributed by atoms with E-state index in [4.69, 9.17) is 0 Å². The smallest absolute Gasteiger partial charge is 0.168 e. The molecule has 0 aliphatic heterocycles. The van der Waals surface area contributed by atoms with E-state index in [1.807, 2.05) is 6.07 Å². The monoisotopic (exact) mass is 192 g/mol. The molecule has 0 amide bonds. The predicted molar refractivity (Wildman–Crippen MR) is 60.1 cm³/mol. The van der Waals surface area contributed by atoms with Gasteiger partial charge in [0, 0.05) is 13.7 Å². The third kappa shape index (κ3) is 2.92. The number of nitrogens with one attached hydrogen (secondary N) is 1. The van der Waals surface area contributed by atoms with Crippen molar-refractivity contribution in [3.05, 3.63) is 36.6 Å². The number of hydrogen-bond acceptors (Lipinski definition) is 1. The van der Waals surface area contributed by atoms with Crippen molar-refractivity contribution in [1.82, 2.24) is 4.98 Å². The first-order valence-electron chi connectivity index (χ1n) is 3.94. The molecule has 1 heterocycles. The molecule has 0 aliphatic carbocycles. The lowest BCUT2D eigenvalue weighted by molar-refractivity contribution is -0.351. The van der Waals surface area contributed by atoms with Crippen LogP contribution in [0.4, 0.5) is 5.82 Å². The molecule has 0 spiro atoms. The maximum atomic E-state index is 4.17. The SMILES string of the molecule is C=CC=[NH+][c-]1nccc1[CH-][P+](=C)C. The summed E-state index contributed by atoms with van der Waals surface area (Å²) in [6.07, 6.45) is 11.3. The summed E-state index contributed by atoms with van der Waals surface area (Å²) in [5.74, 6) is 0.873. The Hall–Kier alpha value is -1.27. The van der Waals surface area contributed by atoms with Gasteiger partial charge in [0.15, 0.2) is 5.82 Å². The Labute approximate surface area is 79.8 Å². The summed E-state index contributed by atoms with van der Waals surface area (Å²) in [6, 6.07) is 1.98. The van der Waals surface area contributed by atoms with Crippen molar-refractivity contribution in [1.29, 1.82) is 0 Å². The highest BCUT2D eigenvalue weighted by atomic mass is 31.1. The van der Waals surface area contributed by atoms with E-state index in [0.29, 0.717) is 0 Å². The zero-order valence-corrected chi connectivity index (χ0v) is 8.59. The molecule has 1 unspecified atom stereocenters. The van der Waals surface area contributed by atoms with Crippen LogP contribution < -0.4 is 4.99 Å². The standard InChI is InChI=1S/C10H13N2P/c1-4-6-11-10-9(5-7-12-10)8-13(2)3/h4-8,11H,1-2H2,3H3. The molecule has 0 saturated heterocycles. The first-order chi connectivity index (χ1) is 6.24. The van der Waals surface area contributed by atoms with Crippen LogP contribution in [0.5, 0.6) is 0 Å². The normalized spacial score (nSPS) is 11.6. The Morgan fingerprint density at radius 2 is 2.54 bits per heavy atom. The molecule has 0 radical (unpaired) electrons. The minimum Gasteiger partial charge on any atom is -0.371 e. The van der Waals surface area contributed by atoms with E-state index in [1.165, 1.54) is 0 Å². The molecule has 68 valence electrons. The van der Waals surface area contributed by atoms with Crippen molar-refractivity contribution in [3.8, 4) is 0 Å². The fourth-order valence-corrected chi connectivity index (χ4v) is 1.63. The van der Waals surface area contributed by atoms with Gasteiger partial charge in [0.2, 0.25) is 0 Å². The summed E-state index contributed by atoms with van der Waals surface area (Å²) in [7, 11) is -0.277. The second-order valence-corrected chi connectivity index (χ2v) is 4.45. The van der Waals surface area contributed by atoms with E-state index in [1.54, 1.807) is 18.5 Å². The Kier molecular flexibility index (Phi) is 3.53. The molecule has 1 atom stereocenters. The fourth-order valence-electron chi connectivity index (χ4n) is 0.946. The summed E-state index contributed by atoms with van der Waals surface area (Å²) in [4.78, 5) is 7.21. The van der Waals surface area contributed by atoms with Crippen LogP contribution in [-0.4, -0.2) is 24.2 Å². The Balaban J connectivity index is 2.82. The molecule has 0 fully saturated rings. The average Bonchev–Trinajstić information content (AvgIpc) is 2.48. The molecule has 1 N–H and O–H groups in total. The number of aromatic nitrogens is 1. The van der Waals surface area contributed by atoms with Crippen LogP contribution in [0.3, 0.4) is 0 Å². The zero-order valence-electron chi connectivity index (χ0n) is 7.70. The van der Waals surface area contributed by atoms with Crippen LogP contribution in [0.25, 0.3) is 0 Å². The van der Waals surface area contributed by atoms with Gasteiger partial charge in [0.1, 0.15) is 0 Å². The van der Waals surface area contributed by atoms with E-state index in [-0.39, 0.29) is 7.55 Å². The minimum atomic E-state index is -0.277. The maximum absolute atomic E-state index is 4.17. The molecule has 2 nitrogen and oxygen atoms in total. The molecule has 0 aromatic carbocycles. The molecular weight excluding hydrogens is 179 g/mol. The van der Waals surface area contributed by atoms with Gasteiger partial charge >= 0.3 is 0 Å². The summed E-state index contributed by atoms with van der Waals surface area (Å²) < 4.78 is 0. The molecule has 0 saturated carbocycles. The summed E-state index contributed by atoms with van der Waals surface area (Å²) in [6.45, 7) is 5.69. The first-order valence-corrected chi connectivity index (χ1v) is 5.99. The van der Waals surface area contributed by atoms with E-state index >= 15 is 0 Å². The van der Waals surface area contributed by atoms with Gasteiger partial charge in [0.25, 0.3) is 0 Å². The Bertz CT molecular complexity index is 336. The van der Waals surface area contributed by atoms with Crippen LogP contribution in [0.15, 0.2) is 24.9 Å². The fraction of sp³-hybridized carbons (Fsp3) is 0.100. The maximum Gasteiger partial charge on any atom is 0.168 e. The molecule has 0 bridgehead atoms. The quantitative estimate of drug-likeness (QED) is 0.427. The molecule has 0 aliphatic rings. The lowest BCUT2D eigenvalue weighted by Crippen LogP contribution is -2.61. The zero-order chi connectivity index (χ0) is 9.68. The largest absolute Gasteiger partial charge is 0.371 e. The van der Waals surface area contributed by atoms with Crippen molar-refractivity contribution >= 4 is 25.9 Å². The molecule has 13 heavy (non-hydrogen) atoms. The van der Waals surface area contributed by atoms with Crippen LogP contribution >= 0.6 is 7.55 Å². The van der Waals surface area contributed by atoms with Gasteiger partial charge < -0.3 is 4.99 Å². The van der Waals surface area contributed by atoms with Crippen molar-refractivity contribution < 1.29 is 4.99 Å². The summed E-state index contributed by atoms with van der Waals surface area (Å²) >= 11 is 0. The second-order valence-electron chi connectivity index (χ2n) is 2.68. The number of allylic oxidation sites excluding steroid dienone is 1. The van der Waals surface area contributed by atoms with Gasteiger partial charge in [-0.05, 0) is 12.4 Å². The van der Waals surface area contributed by atoms with Gasteiger partial charge in [-0.2, -0.15) is 6.07 Å². The average molecular weight is 192 g/mol. The van der Waals surface area contributed by atoms with E-state index < -0.39 is 0 Å². The van der Waals surface area contributed by atoms with Crippen molar-refractivity contribution in [2.45, 2.75) is 0 Å². The molecule has 3 heteroatoms. The van der Waals surface area contributed by atoms with Gasteiger partial charge in [-0.1, -0.05) is 6.08 Å². The lowest BCUT2D eigenvalue weighted by Gasteiger charge is -1.98. The Morgan fingerprint density at radius 3 is 3.15 bits per heavy atom. The highest BCUT2D eigenvalue weighted by Gasteiger charge is 1.99. The van der Waals surface area contributed by atoms with Crippen molar-refractivity contribution in [3.63, 3.8) is 0 Å². The van der Waals surface area contributed by atoms with Crippen LogP contribution in [0.1, 0.15) is 5.56 Å². The summed E-state index contributed by atoms with van der Waals surface area (Å²) in [5.41, 5.74) is 1.11. The van der Waals surface area contributed by atoms with Gasteiger partial charge in [-0.3, -0.25) is 0 Å². The minimum absolute atomic E-state index is 0.277. The number of rotatable bonds is 4. The molecule has 1 aromatic rings. The predicted octanol–water partition coefficient (Wildman–Crippen LogP) is 0.823. The lowest BCUT2D eigenvalue weighted by atomic mass is 10.3. The van der Waals surface area contributed by atoms with E-state index in [2.05, 4.69) is 35.7 Å². The van der Waals surface area contributed by atoms with Gasteiger partial charge in [-0.25, -0.2) is 4.98 Å². The third-order valence-electron chi connectivity index (χ3n) is 1.43. The number of hydrogen-bond donors (Lipinski definition) is 1. The number of nitrogens with zero attached hydrogens (tertiary/aromatic N) is 1. The van der Waals surface area contributed by atoms with Gasteiger partial charge in [0.05, 0.1) is 13.0 Å². The topological polar surface area (TPSA) is 26.9 Å². The van der Waals surface area contributed by atoms with Crippen LogP contribution in [-0.2, 0) is 0 Å². The first kappa shape index (κ1) is 9.82. The van der Waals surface area contributed by atoms with Gasteiger partial charge in [-0.15, -0.1) is 12.1 Å². The molecule has 1 rings (SSSR count). The van der Waals surface area contributed by atoms with Crippen molar-refractivity contribution in [2.24, 2.45) is 0 Å². The van der Waals surface area contributed by atoms with Crippen LogP contribution in [0, 0.1) is 6.16 Å². The second kappa shape index (κ2) is 4.68. The highest BCUT2D eigenvalue weighted by Crippen LogP contribution is 2.26. The van der Waals surface area contributed by atoms with Crippen molar-refractivity contribution in [2.75, 3.05) is 6.66 Å². The van der Waals surface area contributed by atoms with E-state index in [0.717, 1.165) is 11.4 Å². The summed E-state index contributed by atoms with van der Waals surface area (Å²) in [5, 5.41) is 0. The molecular formula is C10H13N2P. The highest BCUT2D eigenvalue weighted by molar-refractivity contribution is 7.57. The van der Waals surface area contributed by atoms with Crippen LogP contribution in [0.2, 0.25) is 0 Å². The van der Waals surface area contributed by atoms with E-state index in [9.17, 15) is 0 Å². The molecule has 1 aromatic heterocycles.